The molecule has 5 heteroatoms. The molecule has 0 unspecified atom stereocenters. The molecule has 0 N–H and O–H groups in total. The van der Waals surface area contributed by atoms with Gasteiger partial charge in [-0.3, -0.25) is 4.79 Å². The predicted octanol–water partition coefficient (Wildman–Crippen LogP) is 5.24. The number of nitrogens with zero attached hydrogens (tertiary/aromatic N) is 4. The van der Waals surface area contributed by atoms with Gasteiger partial charge in [0.2, 0.25) is 0 Å². The van der Waals surface area contributed by atoms with E-state index in [2.05, 4.69) is 46.9 Å². The molecule has 0 radical (unpaired) electrons. The number of piperidine rings is 1. The van der Waals surface area contributed by atoms with Gasteiger partial charge in [-0.05, 0) is 68.2 Å². The zero-order valence-corrected chi connectivity index (χ0v) is 19.2. The largest absolute Gasteiger partial charge is 0.339 e. The molecule has 0 bridgehead atoms. The maximum atomic E-state index is 13.5. The molecule has 1 aromatic heterocycles. The van der Waals surface area contributed by atoms with Crippen LogP contribution in [0.3, 0.4) is 0 Å². The fourth-order valence-corrected chi connectivity index (χ4v) is 4.59. The van der Waals surface area contributed by atoms with Crippen LogP contribution in [-0.2, 0) is 11.2 Å². The summed E-state index contributed by atoms with van der Waals surface area (Å²) in [7, 11) is 0. The third-order valence-corrected chi connectivity index (χ3v) is 6.75. The summed E-state index contributed by atoms with van der Waals surface area (Å²) in [5.41, 5.74) is 4.01. The molecule has 4 rings (SSSR count). The lowest BCUT2D eigenvalue weighted by atomic mass is 9.74. The van der Waals surface area contributed by atoms with Crippen LogP contribution in [0.5, 0.6) is 0 Å². The lowest BCUT2D eigenvalue weighted by Gasteiger charge is -2.38. The van der Waals surface area contributed by atoms with E-state index in [1.165, 1.54) is 30.3 Å². The lowest BCUT2D eigenvalue weighted by molar-refractivity contribution is -0.128. The van der Waals surface area contributed by atoms with E-state index in [4.69, 9.17) is 0 Å². The van der Waals surface area contributed by atoms with Crippen LogP contribution >= 0.6 is 0 Å². The van der Waals surface area contributed by atoms with Gasteiger partial charge in [0.15, 0.2) is 0 Å². The number of rotatable bonds is 7. The average Bonchev–Trinajstić information content (AvgIpc) is 3.71. The highest BCUT2D eigenvalue weighted by Gasteiger charge is 2.38. The molecule has 1 saturated heterocycles. The van der Waals surface area contributed by atoms with Gasteiger partial charge in [0.1, 0.15) is 6.33 Å². The first-order valence-corrected chi connectivity index (χ1v) is 11.6. The summed E-state index contributed by atoms with van der Waals surface area (Å²) in [4.78, 5) is 23.5. The van der Waals surface area contributed by atoms with Crippen molar-refractivity contribution in [2.45, 2.75) is 44.9 Å². The Morgan fingerprint density at radius 2 is 2.03 bits per heavy atom. The number of carbonyl (C=O) groups is 1. The molecule has 33 heavy (non-hydrogen) atoms. The van der Waals surface area contributed by atoms with Gasteiger partial charge in [-0.25, -0.2) is 9.97 Å². The van der Waals surface area contributed by atoms with Crippen molar-refractivity contribution in [2.75, 3.05) is 13.1 Å². The molecule has 1 aliphatic heterocycles. The highest BCUT2D eigenvalue weighted by atomic mass is 16.2. The Balaban J connectivity index is 1.49. The molecule has 1 amide bonds. The molecule has 168 valence electrons. The van der Waals surface area contributed by atoms with E-state index < -0.39 is 5.41 Å². The van der Waals surface area contributed by atoms with Gasteiger partial charge < -0.3 is 4.90 Å². The van der Waals surface area contributed by atoms with E-state index in [-0.39, 0.29) is 5.91 Å². The van der Waals surface area contributed by atoms with Crippen LogP contribution in [0, 0.1) is 16.7 Å². The Kier molecular flexibility index (Phi) is 6.84. The third kappa shape index (κ3) is 5.12. The summed E-state index contributed by atoms with van der Waals surface area (Å²) >= 11 is 0. The SMILES string of the molecule is C=C(/C(=C\C=C/C)C(=O)N1CCC(C#N)(Cc2ccccc2C2CC2)CC1)c1ccncn1. The number of allylic oxidation sites excluding steroid dienone is 3. The van der Waals surface area contributed by atoms with Gasteiger partial charge in [-0.1, -0.05) is 43.0 Å². The van der Waals surface area contributed by atoms with Crippen molar-refractivity contribution in [3.8, 4) is 6.07 Å². The Hall–Kier alpha value is -3.52. The van der Waals surface area contributed by atoms with E-state index in [1.807, 2.05) is 24.0 Å². The predicted molar refractivity (Wildman–Crippen MR) is 130 cm³/mol. The molecular formula is C28H30N4O. The monoisotopic (exact) mass is 438 g/mol. The fourth-order valence-electron chi connectivity index (χ4n) is 4.59. The Labute approximate surface area is 196 Å². The van der Waals surface area contributed by atoms with Crippen molar-refractivity contribution in [2.24, 2.45) is 5.41 Å². The van der Waals surface area contributed by atoms with E-state index >= 15 is 0 Å². The first-order valence-electron chi connectivity index (χ1n) is 11.6. The second kappa shape index (κ2) is 9.95. The van der Waals surface area contributed by atoms with Crippen LogP contribution in [0.15, 0.2) is 73.2 Å². The number of carbonyl (C=O) groups excluding carboxylic acids is 1. The van der Waals surface area contributed by atoms with Crippen LogP contribution in [0.2, 0.25) is 0 Å². The summed E-state index contributed by atoms with van der Waals surface area (Å²) in [6.07, 6.45) is 13.2. The maximum Gasteiger partial charge on any atom is 0.254 e. The van der Waals surface area contributed by atoms with Crippen molar-refractivity contribution >= 4 is 11.5 Å². The topological polar surface area (TPSA) is 69.9 Å². The number of hydrogen-bond acceptors (Lipinski definition) is 4. The second-order valence-electron chi connectivity index (χ2n) is 9.01. The quantitative estimate of drug-likeness (QED) is 0.438. The number of likely N-dealkylation sites (tertiary alicyclic amines) is 1. The number of hydrogen-bond donors (Lipinski definition) is 0. The van der Waals surface area contributed by atoms with Gasteiger partial charge in [0.05, 0.1) is 17.2 Å². The van der Waals surface area contributed by atoms with Gasteiger partial charge in [0, 0.05) is 30.4 Å². The van der Waals surface area contributed by atoms with Crippen LogP contribution in [-0.4, -0.2) is 33.9 Å². The summed E-state index contributed by atoms with van der Waals surface area (Å²) in [5.74, 6) is 0.590. The molecule has 2 aromatic rings. The van der Waals surface area contributed by atoms with E-state index in [1.54, 1.807) is 18.3 Å². The van der Waals surface area contributed by atoms with E-state index in [0.29, 0.717) is 48.7 Å². The average molecular weight is 439 g/mol. The number of aromatic nitrogens is 2. The normalized spacial score (nSPS) is 18.2. The van der Waals surface area contributed by atoms with Gasteiger partial charge in [0.25, 0.3) is 5.91 Å². The minimum Gasteiger partial charge on any atom is -0.339 e. The first kappa shape index (κ1) is 22.7. The Bertz CT molecular complexity index is 1110. The van der Waals surface area contributed by atoms with Crippen molar-refractivity contribution in [3.05, 3.63) is 90.1 Å². The maximum absolute atomic E-state index is 13.5. The summed E-state index contributed by atoms with van der Waals surface area (Å²) in [6, 6.07) is 12.9. The summed E-state index contributed by atoms with van der Waals surface area (Å²) < 4.78 is 0. The molecule has 2 heterocycles. The molecule has 2 aliphatic rings. The molecule has 2 fully saturated rings. The van der Waals surface area contributed by atoms with Crippen molar-refractivity contribution in [3.63, 3.8) is 0 Å². The minimum atomic E-state index is -0.432. The summed E-state index contributed by atoms with van der Waals surface area (Å²) in [6.45, 7) is 7.16. The van der Waals surface area contributed by atoms with Gasteiger partial charge in [-0.15, -0.1) is 0 Å². The van der Waals surface area contributed by atoms with Crippen molar-refractivity contribution in [1.29, 1.82) is 5.26 Å². The summed E-state index contributed by atoms with van der Waals surface area (Å²) in [5, 5.41) is 10.1. The molecular weight excluding hydrogens is 408 g/mol. The lowest BCUT2D eigenvalue weighted by Crippen LogP contribution is -2.44. The van der Waals surface area contributed by atoms with Gasteiger partial charge in [-0.2, -0.15) is 5.26 Å². The van der Waals surface area contributed by atoms with E-state index in [9.17, 15) is 10.1 Å². The Morgan fingerprint density at radius 3 is 2.67 bits per heavy atom. The highest BCUT2D eigenvalue weighted by molar-refractivity contribution is 6.08. The smallest absolute Gasteiger partial charge is 0.254 e. The zero-order chi connectivity index (χ0) is 23.3. The number of benzene rings is 1. The third-order valence-electron chi connectivity index (χ3n) is 6.75. The molecule has 0 spiro atoms. The molecule has 1 aromatic carbocycles. The molecule has 1 saturated carbocycles. The van der Waals surface area contributed by atoms with E-state index in [0.717, 1.165) is 6.42 Å². The fraction of sp³-hybridized carbons (Fsp3) is 0.357. The van der Waals surface area contributed by atoms with Crippen molar-refractivity contribution in [1.82, 2.24) is 14.9 Å². The van der Waals surface area contributed by atoms with Crippen LogP contribution in [0.25, 0.3) is 5.57 Å². The minimum absolute atomic E-state index is 0.0679. The standard InChI is InChI=1S/C28H30N4O/c1-3-4-8-24(21(2)26-12-15-30-20-31-26)27(33)32-16-13-28(19-29,14-17-32)18-23-7-5-6-9-25(23)22-10-11-22/h3-9,12,15,20,22H,2,10-11,13-14,16-18H2,1H3/b4-3-,24-8+. The molecule has 5 nitrogen and oxygen atoms in total. The highest BCUT2D eigenvalue weighted by Crippen LogP contribution is 2.44. The molecule has 1 aliphatic carbocycles. The van der Waals surface area contributed by atoms with Gasteiger partial charge >= 0.3 is 0 Å². The number of nitriles is 1. The van der Waals surface area contributed by atoms with Crippen LogP contribution < -0.4 is 0 Å². The first-order chi connectivity index (χ1) is 16.1. The Morgan fingerprint density at radius 1 is 1.27 bits per heavy atom. The number of amides is 1. The van der Waals surface area contributed by atoms with Crippen LogP contribution in [0.1, 0.15) is 55.3 Å². The zero-order valence-electron chi connectivity index (χ0n) is 19.2. The second-order valence-corrected chi connectivity index (χ2v) is 9.01. The molecule has 0 atom stereocenters. The van der Waals surface area contributed by atoms with Crippen LogP contribution in [0.4, 0.5) is 0 Å². The van der Waals surface area contributed by atoms with Crippen molar-refractivity contribution < 1.29 is 4.79 Å².